The molecule has 24 heavy (non-hydrogen) atoms. The SMILES string of the molecule is [B]C1(c2ccccc2)OCCC1(c1ccccc1)c1ccccc1. The maximum absolute atomic E-state index is 7.00. The van der Waals surface area contributed by atoms with Gasteiger partial charge in [-0.2, -0.15) is 0 Å². The second-order valence-corrected chi connectivity index (χ2v) is 6.34. The predicted molar refractivity (Wildman–Crippen MR) is 98.1 cm³/mol. The normalized spacial score (nSPS) is 22.3. The fourth-order valence-corrected chi connectivity index (χ4v) is 4.02. The van der Waals surface area contributed by atoms with Crippen LogP contribution in [0.2, 0.25) is 0 Å². The average Bonchev–Trinajstić information content (AvgIpc) is 3.03. The van der Waals surface area contributed by atoms with Gasteiger partial charge in [-0.25, -0.2) is 0 Å². The molecule has 3 aromatic rings. The third-order valence-electron chi connectivity index (χ3n) is 5.18. The molecule has 2 heteroatoms. The van der Waals surface area contributed by atoms with Crippen molar-refractivity contribution in [2.45, 2.75) is 17.3 Å². The molecular formula is C22H19BO. The first-order valence-corrected chi connectivity index (χ1v) is 8.37. The summed E-state index contributed by atoms with van der Waals surface area (Å²) in [5.74, 6) is 0. The smallest absolute Gasteiger partial charge is 0.122 e. The number of benzene rings is 3. The van der Waals surface area contributed by atoms with E-state index in [2.05, 4.69) is 60.7 Å². The molecule has 0 N–H and O–H groups in total. The van der Waals surface area contributed by atoms with Gasteiger partial charge >= 0.3 is 0 Å². The van der Waals surface area contributed by atoms with Crippen molar-refractivity contribution in [3.8, 4) is 0 Å². The topological polar surface area (TPSA) is 9.23 Å². The van der Waals surface area contributed by atoms with Crippen LogP contribution in [0.5, 0.6) is 0 Å². The van der Waals surface area contributed by atoms with Crippen molar-refractivity contribution < 1.29 is 4.74 Å². The summed E-state index contributed by atoms with van der Waals surface area (Å²) >= 11 is 0. The molecular weight excluding hydrogens is 291 g/mol. The van der Waals surface area contributed by atoms with Crippen molar-refractivity contribution in [3.63, 3.8) is 0 Å². The summed E-state index contributed by atoms with van der Waals surface area (Å²) in [5.41, 5.74) is 2.10. The minimum atomic E-state index is -0.892. The molecule has 4 rings (SSSR count). The van der Waals surface area contributed by atoms with Crippen LogP contribution < -0.4 is 0 Å². The standard InChI is InChI=1S/C22H19BO/c23-22(20-14-8-3-9-15-20)21(16-17-24-22,18-10-4-1-5-11-18)19-12-6-2-7-13-19/h1-15H,16-17H2. The Balaban J connectivity index is 2.00. The Morgan fingerprint density at radius 3 is 1.50 bits per heavy atom. The average molecular weight is 310 g/mol. The first kappa shape index (κ1) is 15.2. The Labute approximate surface area is 144 Å². The van der Waals surface area contributed by atoms with E-state index in [1.54, 1.807) is 0 Å². The van der Waals surface area contributed by atoms with Gasteiger partial charge in [0.1, 0.15) is 7.85 Å². The Kier molecular flexibility index (Phi) is 3.78. The maximum atomic E-state index is 7.00. The van der Waals surface area contributed by atoms with Gasteiger partial charge in [0.05, 0.1) is 5.50 Å². The molecule has 1 heterocycles. The van der Waals surface area contributed by atoms with Crippen molar-refractivity contribution in [3.05, 3.63) is 108 Å². The zero-order valence-electron chi connectivity index (χ0n) is 13.6. The van der Waals surface area contributed by atoms with Gasteiger partial charge in [0.2, 0.25) is 0 Å². The highest BCUT2D eigenvalue weighted by atomic mass is 16.5. The summed E-state index contributed by atoms with van der Waals surface area (Å²) in [7, 11) is 7.00. The summed E-state index contributed by atoms with van der Waals surface area (Å²) in [6.45, 7) is 0.634. The molecule has 1 nitrogen and oxygen atoms in total. The lowest BCUT2D eigenvalue weighted by Gasteiger charge is -2.44. The second kappa shape index (κ2) is 5.96. The molecule has 0 aliphatic carbocycles. The molecule has 0 bridgehead atoms. The predicted octanol–water partition coefficient (Wildman–Crippen LogP) is 4.41. The van der Waals surface area contributed by atoms with Crippen LogP contribution in [0.4, 0.5) is 0 Å². The molecule has 1 aliphatic rings. The van der Waals surface area contributed by atoms with E-state index in [1.165, 1.54) is 11.1 Å². The maximum Gasteiger partial charge on any atom is 0.122 e. The fourth-order valence-electron chi connectivity index (χ4n) is 4.02. The summed E-state index contributed by atoms with van der Waals surface area (Å²) in [6, 6.07) is 31.2. The lowest BCUT2D eigenvalue weighted by molar-refractivity contribution is 0.0460. The highest BCUT2D eigenvalue weighted by Crippen LogP contribution is 2.54. The van der Waals surface area contributed by atoms with Gasteiger partial charge in [-0.05, 0) is 23.1 Å². The zero-order chi connectivity index (χ0) is 16.5. The summed E-state index contributed by atoms with van der Waals surface area (Å²) in [5, 5.41) is 0. The molecule has 1 saturated heterocycles. The molecule has 1 atom stereocenters. The minimum Gasteiger partial charge on any atom is -0.379 e. The summed E-state index contributed by atoms with van der Waals surface area (Å²) in [6.07, 6.45) is 0.854. The Morgan fingerprint density at radius 2 is 1.04 bits per heavy atom. The van der Waals surface area contributed by atoms with Crippen LogP contribution >= 0.6 is 0 Å². The number of hydrogen-bond donors (Lipinski definition) is 0. The van der Waals surface area contributed by atoms with Crippen molar-refractivity contribution in [1.82, 2.24) is 0 Å². The van der Waals surface area contributed by atoms with Crippen LogP contribution in [-0.2, 0) is 15.7 Å². The summed E-state index contributed by atoms with van der Waals surface area (Å²) in [4.78, 5) is 0. The Morgan fingerprint density at radius 1 is 0.625 bits per heavy atom. The minimum absolute atomic E-state index is 0.406. The largest absolute Gasteiger partial charge is 0.379 e. The first-order valence-electron chi connectivity index (χ1n) is 8.37. The van der Waals surface area contributed by atoms with Crippen LogP contribution in [0.3, 0.4) is 0 Å². The van der Waals surface area contributed by atoms with Crippen molar-refractivity contribution >= 4 is 7.85 Å². The van der Waals surface area contributed by atoms with E-state index in [0.29, 0.717) is 6.61 Å². The van der Waals surface area contributed by atoms with Crippen LogP contribution in [-0.4, -0.2) is 14.5 Å². The molecule has 1 aliphatic heterocycles. The van der Waals surface area contributed by atoms with Gasteiger partial charge in [0, 0.05) is 12.0 Å². The molecule has 0 spiro atoms. The molecule has 1 unspecified atom stereocenters. The lowest BCUT2D eigenvalue weighted by atomic mass is 9.53. The number of ether oxygens (including phenoxy) is 1. The zero-order valence-corrected chi connectivity index (χ0v) is 13.6. The Bertz CT molecular complexity index is 762. The van der Waals surface area contributed by atoms with E-state index in [-0.39, 0.29) is 0 Å². The van der Waals surface area contributed by atoms with Crippen molar-refractivity contribution in [2.75, 3.05) is 6.61 Å². The van der Waals surface area contributed by atoms with Crippen LogP contribution in [0.15, 0.2) is 91.0 Å². The monoisotopic (exact) mass is 310 g/mol. The second-order valence-electron chi connectivity index (χ2n) is 6.34. The van der Waals surface area contributed by atoms with E-state index in [9.17, 15) is 0 Å². The van der Waals surface area contributed by atoms with E-state index >= 15 is 0 Å². The number of hydrogen-bond acceptors (Lipinski definition) is 1. The Hall–Kier alpha value is -2.32. The van der Waals surface area contributed by atoms with Gasteiger partial charge < -0.3 is 4.74 Å². The van der Waals surface area contributed by atoms with Crippen molar-refractivity contribution in [1.29, 1.82) is 0 Å². The van der Waals surface area contributed by atoms with Gasteiger partial charge in [-0.3, -0.25) is 0 Å². The van der Waals surface area contributed by atoms with Gasteiger partial charge in [-0.15, -0.1) is 0 Å². The third kappa shape index (κ3) is 2.14. The highest BCUT2D eigenvalue weighted by molar-refractivity contribution is 6.16. The molecule has 2 radical (unpaired) electrons. The van der Waals surface area contributed by atoms with Crippen LogP contribution in [0, 0.1) is 0 Å². The number of rotatable bonds is 3. The quantitative estimate of drug-likeness (QED) is 0.651. The summed E-state index contributed by atoms with van der Waals surface area (Å²) < 4.78 is 6.23. The molecule has 116 valence electrons. The van der Waals surface area contributed by atoms with E-state index in [0.717, 1.165) is 12.0 Å². The van der Waals surface area contributed by atoms with Gasteiger partial charge in [-0.1, -0.05) is 91.0 Å². The third-order valence-corrected chi connectivity index (χ3v) is 5.18. The van der Waals surface area contributed by atoms with E-state index in [4.69, 9.17) is 12.6 Å². The van der Waals surface area contributed by atoms with E-state index < -0.39 is 10.9 Å². The van der Waals surface area contributed by atoms with Crippen LogP contribution in [0.1, 0.15) is 23.1 Å². The molecule has 0 aromatic heterocycles. The lowest BCUT2D eigenvalue weighted by Crippen LogP contribution is -2.47. The highest BCUT2D eigenvalue weighted by Gasteiger charge is 2.55. The van der Waals surface area contributed by atoms with Crippen LogP contribution in [0.25, 0.3) is 0 Å². The van der Waals surface area contributed by atoms with Gasteiger partial charge in [0.25, 0.3) is 0 Å². The van der Waals surface area contributed by atoms with Gasteiger partial charge in [0.15, 0.2) is 0 Å². The first-order chi connectivity index (χ1) is 11.8. The molecule has 1 fully saturated rings. The van der Waals surface area contributed by atoms with E-state index in [1.807, 2.05) is 30.3 Å². The molecule has 0 saturated carbocycles. The van der Waals surface area contributed by atoms with Crippen molar-refractivity contribution in [2.24, 2.45) is 0 Å². The molecule has 0 amide bonds. The molecule has 3 aromatic carbocycles. The fraction of sp³-hybridized carbons (Fsp3) is 0.182.